The van der Waals surface area contributed by atoms with E-state index >= 15 is 0 Å². The number of rotatable bonds is 2. The molecule has 0 atom stereocenters. The summed E-state index contributed by atoms with van der Waals surface area (Å²) in [5.74, 6) is -0.428. The highest BCUT2D eigenvalue weighted by atomic mass is 19.1. The van der Waals surface area contributed by atoms with Crippen molar-refractivity contribution < 1.29 is 9.18 Å². The van der Waals surface area contributed by atoms with Crippen LogP contribution < -0.4 is 11.1 Å². The van der Waals surface area contributed by atoms with Gasteiger partial charge in [-0.05, 0) is 31.0 Å². The third-order valence-electron chi connectivity index (χ3n) is 3.49. The number of nitrogens with one attached hydrogen (secondary N) is 1. The van der Waals surface area contributed by atoms with Gasteiger partial charge in [-0.1, -0.05) is 25.7 Å². The maximum absolute atomic E-state index is 13.3. The smallest absolute Gasteiger partial charge is 0.227 e. The lowest BCUT2D eigenvalue weighted by Gasteiger charge is -2.14. The highest BCUT2D eigenvalue weighted by Gasteiger charge is 2.20. The summed E-state index contributed by atoms with van der Waals surface area (Å²) in [5.41, 5.74) is 5.98. The molecule has 0 unspecified atom stereocenters. The Balaban J connectivity index is 1.99. The summed E-state index contributed by atoms with van der Waals surface area (Å²) in [6, 6.07) is 4.37. The zero-order valence-corrected chi connectivity index (χ0v) is 10.4. The zero-order valence-electron chi connectivity index (χ0n) is 10.4. The fraction of sp³-hybridized carbons (Fsp3) is 0.500. The van der Waals surface area contributed by atoms with Crippen molar-refractivity contribution in [2.75, 3.05) is 11.1 Å². The molecule has 4 heteroatoms. The van der Waals surface area contributed by atoms with Gasteiger partial charge in [0.15, 0.2) is 0 Å². The van der Waals surface area contributed by atoms with Crippen LogP contribution in [-0.4, -0.2) is 5.91 Å². The second kappa shape index (κ2) is 5.85. The minimum Gasteiger partial charge on any atom is -0.396 e. The number of anilines is 2. The SMILES string of the molecule is Nc1ccc(NC(=O)C2CCCCCC2)cc1F. The van der Waals surface area contributed by atoms with E-state index in [-0.39, 0.29) is 17.5 Å². The average molecular weight is 250 g/mol. The normalized spacial score (nSPS) is 17.2. The Kier molecular flexibility index (Phi) is 4.18. The fourth-order valence-electron chi connectivity index (χ4n) is 2.39. The quantitative estimate of drug-likeness (QED) is 0.625. The van der Waals surface area contributed by atoms with E-state index in [1.54, 1.807) is 6.07 Å². The van der Waals surface area contributed by atoms with Crippen LogP contribution in [0.1, 0.15) is 38.5 Å². The van der Waals surface area contributed by atoms with Crippen molar-refractivity contribution in [1.29, 1.82) is 0 Å². The van der Waals surface area contributed by atoms with Gasteiger partial charge in [-0.25, -0.2) is 4.39 Å². The van der Waals surface area contributed by atoms with Crippen LogP contribution in [0.5, 0.6) is 0 Å². The summed E-state index contributed by atoms with van der Waals surface area (Å²) in [5, 5.41) is 2.77. The Morgan fingerprint density at radius 3 is 2.50 bits per heavy atom. The van der Waals surface area contributed by atoms with Gasteiger partial charge in [0, 0.05) is 11.6 Å². The number of halogens is 1. The molecule has 98 valence electrons. The topological polar surface area (TPSA) is 55.1 Å². The first-order valence-electron chi connectivity index (χ1n) is 6.52. The van der Waals surface area contributed by atoms with Gasteiger partial charge in [0.1, 0.15) is 5.82 Å². The van der Waals surface area contributed by atoms with Crippen molar-refractivity contribution >= 4 is 17.3 Å². The first-order chi connectivity index (χ1) is 8.66. The van der Waals surface area contributed by atoms with Crippen LogP contribution in [0.4, 0.5) is 15.8 Å². The van der Waals surface area contributed by atoms with Crippen molar-refractivity contribution in [3.05, 3.63) is 24.0 Å². The third kappa shape index (κ3) is 3.22. The molecule has 0 radical (unpaired) electrons. The molecule has 2 rings (SSSR count). The molecule has 0 aromatic heterocycles. The Bertz CT molecular complexity index is 426. The molecular formula is C14H19FN2O. The van der Waals surface area contributed by atoms with E-state index in [0.29, 0.717) is 5.69 Å². The van der Waals surface area contributed by atoms with Gasteiger partial charge < -0.3 is 11.1 Å². The maximum atomic E-state index is 13.3. The van der Waals surface area contributed by atoms with Crippen LogP contribution in [0.2, 0.25) is 0 Å². The van der Waals surface area contributed by atoms with E-state index in [4.69, 9.17) is 5.73 Å². The van der Waals surface area contributed by atoms with Crippen molar-refractivity contribution in [1.82, 2.24) is 0 Å². The molecule has 3 nitrogen and oxygen atoms in total. The summed E-state index contributed by atoms with van der Waals surface area (Å²) in [6.07, 6.45) is 6.50. The Morgan fingerprint density at radius 2 is 1.89 bits per heavy atom. The minimum atomic E-state index is -0.492. The first kappa shape index (κ1) is 12.9. The van der Waals surface area contributed by atoms with E-state index < -0.39 is 5.82 Å². The lowest BCUT2D eigenvalue weighted by atomic mass is 9.99. The van der Waals surface area contributed by atoms with Gasteiger partial charge in [-0.2, -0.15) is 0 Å². The van der Waals surface area contributed by atoms with Crippen LogP contribution in [-0.2, 0) is 4.79 Å². The number of hydrogen-bond acceptors (Lipinski definition) is 2. The van der Waals surface area contributed by atoms with Crippen molar-refractivity contribution in [2.45, 2.75) is 38.5 Å². The highest BCUT2D eigenvalue weighted by molar-refractivity contribution is 5.92. The molecule has 0 bridgehead atoms. The third-order valence-corrected chi connectivity index (χ3v) is 3.49. The number of nitrogen functional groups attached to an aromatic ring is 1. The highest BCUT2D eigenvalue weighted by Crippen LogP contribution is 2.24. The van der Waals surface area contributed by atoms with E-state index in [0.717, 1.165) is 25.7 Å². The summed E-state index contributed by atoms with van der Waals surface area (Å²) in [4.78, 5) is 12.1. The predicted octanol–water partition coefficient (Wildman–Crippen LogP) is 3.32. The lowest BCUT2D eigenvalue weighted by molar-refractivity contribution is -0.120. The molecule has 0 spiro atoms. The van der Waals surface area contributed by atoms with Gasteiger partial charge in [-0.15, -0.1) is 0 Å². The number of amides is 1. The number of carbonyl (C=O) groups is 1. The molecule has 1 aliphatic rings. The molecule has 0 aliphatic heterocycles. The molecule has 0 heterocycles. The standard InChI is InChI=1S/C14H19FN2O/c15-12-9-11(7-8-13(12)16)17-14(18)10-5-3-1-2-4-6-10/h7-10H,1-6,16H2,(H,17,18). The summed E-state index contributed by atoms with van der Waals surface area (Å²) in [6.45, 7) is 0. The van der Waals surface area contributed by atoms with Crippen molar-refractivity contribution in [3.8, 4) is 0 Å². The maximum Gasteiger partial charge on any atom is 0.227 e. The van der Waals surface area contributed by atoms with Crippen LogP contribution in [0.25, 0.3) is 0 Å². The number of nitrogens with two attached hydrogens (primary N) is 1. The summed E-state index contributed by atoms with van der Waals surface area (Å²) in [7, 11) is 0. The monoisotopic (exact) mass is 250 g/mol. The molecule has 1 aromatic rings. The molecule has 18 heavy (non-hydrogen) atoms. The number of hydrogen-bond donors (Lipinski definition) is 2. The van der Waals surface area contributed by atoms with Gasteiger partial charge in [0.05, 0.1) is 5.69 Å². The van der Waals surface area contributed by atoms with E-state index in [2.05, 4.69) is 5.32 Å². The van der Waals surface area contributed by atoms with Gasteiger partial charge in [0.25, 0.3) is 0 Å². The minimum absolute atomic E-state index is 0.000992. The molecule has 1 aromatic carbocycles. The van der Waals surface area contributed by atoms with Gasteiger partial charge >= 0.3 is 0 Å². The lowest BCUT2D eigenvalue weighted by Crippen LogP contribution is -2.22. The first-order valence-corrected chi connectivity index (χ1v) is 6.52. The molecule has 1 aliphatic carbocycles. The van der Waals surface area contributed by atoms with Crippen LogP contribution in [0.3, 0.4) is 0 Å². The average Bonchev–Trinajstić information content (AvgIpc) is 2.62. The summed E-state index contributed by atoms with van der Waals surface area (Å²) < 4.78 is 13.3. The largest absolute Gasteiger partial charge is 0.396 e. The Labute approximate surface area is 107 Å². The zero-order chi connectivity index (χ0) is 13.0. The molecular weight excluding hydrogens is 231 g/mol. The Hall–Kier alpha value is -1.58. The van der Waals surface area contributed by atoms with Crippen LogP contribution in [0, 0.1) is 11.7 Å². The molecule has 1 amide bonds. The van der Waals surface area contributed by atoms with E-state index in [1.165, 1.54) is 25.0 Å². The number of carbonyl (C=O) groups excluding carboxylic acids is 1. The van der Waals surface area contributed by atoms with Crippen LogP contribution >= 0.6 is 0 Å². The molecule has 3 N–H and O–H groups in total. The Morgan fingerprint density at radius 1 is 1.22 bits per heavy atom. The van der Waals surface area contributed by atoms with Crippen molar-refractivity contribution in [2.24, 2.45) is 5.92 Å². The second-order valence-electron chi connectivity index (χ2n) is 4.91. The van der Waals surface area contributed by atoms with Crippen molar-refractivity contribution in [3.63, 3.8) is 0 Å². The van der Waals surface area contributed by atoms with Gasteiger partial charge in [-0.3, -0.25) is 4.79 Å². The van der Waals surface area contributed by atoms with Crippen LogP contribution in [0.15, 0.2) is 18.2 Å². The predicted molar refractivity (Wildman–Crippen MR) is 70.6 cm³/mol. The molecule has 1 fully saturated rings. The number of benzene rings is 1. The second-order valence-corrected chi connectivity index (χ2v) is 4.91. The molecule has 1 saturated carbocycles. The fourth-order valence-corrected chi connectivity index (χ4v) is 2.39. The van der Waals surface area contributed by atoms with E-state index in [9.17, 15) is 9.18 Å². The van der Waals surface area contributed by atoms with Gasteiger partial charge in [0.2, 0.25) is 5.91 Å². The van der Waals surface area contributed by atoms with E-state index in [1.807, 2.05) is 0 Å². The molecule has 0 saturated heterocycles. The summed E-state index contributed by atoms with van der Waals surface area (Å²) >= 11 is 0.